The number of aromatic nitrogens is 4. The van der Waals surface area contributed by atoms with Gasteiger partial charge in [0.1, 0.15) is 11.2 Å². The summed E-state index contributed by atoms with van der Waals surface area (Å²) in [6.07, 6.45) is 0. The molecule has 0 spiro atoms. The maximum atomic E-state index is 6.90. The third-order valence-corrected chi connectivity index (χ3v) is 11.4. The fraction of sp³-hybridized carbons (Fsp3) is 0. The molecule has 0 radical (unpaired) electrons. The molecule has 0 N–H and O–H groups in total. The summed E-state index contributed by atoms with van der Waals surface area (Å²) in [4.78, 5) is 15.5. The second kappa shape index (κ2) is 12.8. The Kier molecular flexibility index (Phi) is 7.16. The number of hydrogen-bond donors (Lipinski definition) is 0. The molecule has 0 aliphatic rings. The van der Waals surface area contributed by atoms with Crippen molar-refractivity contribution >= 4 is 65.3 Å². The van der Waals surface area contributed by atoms with Crippen molar-refractivity contribution in [3.05, 3.63) is 194 Å². The normalized spacial score (nSPS) is 11.8. The molecule has 12 aromatic rings. The van der Waals surface area contributed by atoms with Crippen LogP contribution in [0.25, 0.3) is 116 Å². The van der Waals surface area contributed by atoms with Crippen LogP contribution in [0.15, 0.2) is 199 Å². The Hall–Kier alpha value is -7.89. The third-order valence-electron chi connectivity index (χ3n) is 11.4. The van der Waals surface area contributed by atoms with Crippen molar-refractivity contribution < 1.29 is 4.42 Å². The van der Waals surface area contributed by atoms with Gasteiger partial charge in [0.2, 0.25) is 0 Å². The maximum Gasteiger partial charge on any atom is 0.164 e. The van der Waals surface area contributed by atoms with E-state index in [0.717, 1.165) is 71.9 Å². The van der Waals surface area contributed by atoms with Crippen LogP contribution in [-0.4, -0.2) is 19.5 Å². The van der Waals surface area contributed by atoms with E-state index in [0.29, 0.717) is 17.5 Å². The number of para-hydroxylation sites is 1. The van der Waals surface area contributed by atoms with E-state index in [9.17, 15) is 0 Å². The van der Waals surface area contributed by atoms with Crippen LogP contribution in [0.5, 0.6) is 0 Å². The molecular formula is C53H32N4O. The van der Waals surface area contributed by atoms with Crippen molar-refractivity contribution in [2.24, 2.45) is 0 Å². The summed E-state index contributed by atoms with van der Waals surface area (Å²) in [5, 5.41) is 9.09. The van der Waals surface area contributed by atoms with Gasteiger partial charge >= 0.3 is 0 Å². The lowest BCUT2D eigenvalue weighted by molar-refractivity contribution is 0.670. The summed E-state index contributed by atoms with van der Waals surface area (Å²) in [6, 6.07) is 68.1. The highest BCUT2D eigenvalue weighted by atomic mass is 16.3. The molecule has 0 amide bonds. The number of nitrogens with zero attached hydrogens (tertiary/aromatic N) is 4. The van der Waals surface area contributed by atoms with Crippen molar-refractivity contribution in [2.45, 2.75) is 0 Å². The Morgan fingerprint density at radius 3 is 1.79 bits per heavy atom. The quantitative estimate of drug-likeness (QED) is 0.176. The van der Waals surface area contributed by atoms with Crippen LogP contribution < -0.4 is 0 Å². The van der Waals surface area contributed by atoms with Gasteiger partial charge in [-0.3, -0.25) is 0 Å². The van der Waals surface area contributed by atoms with E-state index in [4.69, 9.17) is 19.4 Å². The van der Waals surface area contributed by atoms with Gasteiger partial charge in [0.05, 0.1) is 11.0 Å². The van der Waals surface area contributed by atoms with Crippen LogP contribution in [0.2, 0.25) is 0 Å². The Labute approximate surface area is 333 Å². The van der Waals surface area contributed by atoms with Gasteiger partial charge in [0, 0.05) is 49.5 Å². The number of rotatable bonds is 5. The van der Waals surface area contributed by atoms with Crippen LogP contribution in [0.4, 0.5) is 0 Å². The fourth-order valence-corrected chi connectivity index (χ4v) is 8.66. The first-order valence-electron chi connectivity index (χ1n) is 19.5. The Morgan fingerprint density at radius 1 is 0.362 bits per heavy atom. The molecule has 0 bridgehead atoms. The number of benzene rings is 9. The molecule has 0 fully saturated rings. The van der Waals surface area contributed by atoms with Crippen LogP contribution in [0.1, 0.15) is 0 Å². The van der Waals surface area contributed by atoms with Gasteiger partial charge in [-0.1, -0.05) is 152 Å². The monoisotopic (exact) mass is 740 g/mol. The Balaban J connectivity index is 1.16. The van der Waals surface area contributed by atoms with Crippen molar-refractivity contribution in [1.29, 1.82) is 0 Å². The zero-order valence-corrected chi connectivity index (χ0v) is 31.2. The van der Waals surface area contributed by atoms with E-state index < -0.39 is 0 Å². The van der Waals surface area contributed by atoms with Crippen molar-refractivity contribution in [3.8, 4) is 51.0 Å². The number of furan rings is 1. The first-order valence-corrected chi connectivity index (χ1v) is 19.5. The topological polar surface area (TPSA) is 56.7 Å². The third kappa shape index (κ3) is 5.14. The summed E-state index contributed by atoms with van der Waals surface area (Å²) in [7, 11) is 0. The zero-order valence-electron chi connectivity index (χ0n) is 31.2. The fourth-order valence-electron chi connectivity index (χ4n) is 8.66. The molecule has 0 saturated heterocycles. The van der Waals surface area contributed by atoms with Crippen LogP contribution in [-0.2, 0) is 0 Å². The second-order valence-electron chi connectivity index (χ2n) is 14.8. The molecular weight excluding hydrogens is 709 g/mol. The average Bonchev–Trinajstić information content (AvgIpc) is 3.83. The first-order chi connectivity index (χ1) is 28.7. The van der Waals surface area contributed by atoms with Gasteiger partial charge < -0.3 is 8.98 Å². The molecule has 0 atom stereocenters. The largest absolute Gasteiger partial charge is 0.455 e. The standard InChI is InChI=1S/C53H32N4O/c1-3-15-34(16-4-1)43-31-40(57-46-24-12-11-22-41(46)44-29-37-20-9-10-21-38(37)30-47(44)57)32-45-49-42(23-13-25-48(49)58-50(43)45)53-55-51(35-17-5-2-6-18-35)54-52(56-53)39-27-26-33-14-7-8-19-36(33)28-39/h1-32H. The van der Waals surface area contributed by atoms with Crippen molar-refractivity contribution in [3.63, 3.8) is 0 Å². The van der Waals surface area contributed by atoms with E-state index in [1.165, 1.54) is 26.9 Å². The van der Waals surface area contributed by atoms with Crippen molar-refractivity contribution in [1.82, 2.24) is 19.5 Å². The molecule has 9 aromatic carbocycles. The summed E-state index contributed by atoms with van der Waals surface area (Å²) >= 11 is 0. The highest BCUT2D eigenvalue weighted by Gasteiger charge is 2.22. The zero-order chi connectivity index (χ0) is 38.2. The molecule has 0 aliphatic heterocycles. The van der Waals surface area contributed by atoms with Gasteiger partial charge in [-0.05, 0) is 69.6 Å². The lowest BCUT2D eigenvalue weighted by Gasteiger charge is -2.12. The van der Waals surface area contributed by atoms with Gasteiger partial charge in [-0.25, -0.2) is 15.0 Å². The average molecular weight is 741 g/mol. The molecule has 5 heteroatoms. The smallest absolute Gasteiger partial charge is 0.164 e. The van der Waals surface area contributed by atoms with E-state index in [2.05, 4.69) is 156 Å². The second-order valence-corrected chi connectivity index (χ2v) is 14.8. The summed E-state index contributed by atoms with van der Waals surface area (Å²) < 4.78 is 9.30. The Morgan fingerprint density at radius 2 is 1.00 bits per heavy atom. The number of fused-ring (bicyclic) bond motifs is 8. The van der Waals surface area contributed by atoms with E-state index in [1.807, 2.05) is 42.5 Å². The lowest BCUT2D eigenvalue weighted by atomic mass is 9.99. The molecule has 270 valence electrons. The minimum Gasteiger partial charge on any atom is -0.455 e. The van der Waals surface area contributed by atoms with Gasteiger partial charge in [-0.15, -0.1) is 0 Å². The summed E-state index contributed by atoms with van der Waals surface area (Å²) in [5.41, 5.74) is 9.73. The highest BCUT2D eigenvalue weighted by Crippen LogP contribution is 2.44. The minimum absolute atomic E-state index is 0.584. The van der Waals surface area contributed by atoms with Crippen LogP contribution >= 0.6 is 0 Å². The molecule has 3 heterocycles. The van der Waals surface area contributed by atoms with Crippen LogP contribution in [0.3, 0.4) is 0 Å². The molecule has 3 aromatic heterocycles. The maximum absolute atomic E-state index is 6.90. The number of hydrogen-bond acceptors (Lipinski definition) is 4. The molecule has 58 heavy (non-hydrogen) atoms. The predicted octanol–water partition coefficient (Wildman–Crippen LogP) is 13.8. The van der Waals surface area contributed by atoms with Crippen molar-refractivity contribution in [2.75, 3.05) is 0 Å². The van der Waals surface area contributed by atoms with Gasteiger partial charge in [0.15, 0.2) is 17.5 Å². The van der Waals surface area contributed by atoms with E-state index in [-0.39, 0.29) is 0 Å². The Bertz CT molecular complexity index is 3570. The van der Waals surface area contributed by atoms with Gasteiger partial charge in [-0.2, -0.15) is 0 Å². The molecule has 12 rings (SSSR count). The first kappa shape index (κ1) is 32.4. The van der Waals surface area contributed by atoms with Crippen LogP contribution in [0, 0.1) is 0 Å². The minimum atomic E-state index is 0.584. The highest BCUT2D eigenvalue weighted by molar-refractivity contribution is 6.17. The molecule has 0 saturated carbocycles. The van der Waals surface area contributed by atoms with E-state index in [1.54, 1.807) is 0 Å². The molecule has 0 unspecified atom stereocenters. The summed E-state index contributed by atoms with van der Waals surface area (Å²) in [6.45, 7) is 0. The summed E-state index contributed by atoms with van der Waals surface area (Å²) in [5.74, 6) is 1.81. The lowest BCUT2D eigenvalue weighted by Crippen LogP contribution is -2.00. The van der Waals surface area contributed by atoms with Gasteiger partial charge in [0.25, 0.3) is 0 Å². The molecule has 5 nitrogen and oxygen atoms in total. The molecule has 0 aliphatic carbocycles. The predicted molar refractivity (Wildman–Crippen MR) is 238 cm³/mol. The SMILES string of the molecule is c1ccc(-c2nc(-c3ccc4ccccc4c3)nc(-c3cccc4oc5c(-c6ccccc6)cc(-n6c7ccccc7c7cc8ccccc8cc76)cc5c34)n2)cc1. The van der Waals surface area contributed by atoms with E-state index >= 15 is 0 Å².